The molecule has 154 valence electrons. The topological polar surface area (TPSA) is 65.5 Å². The van der Waals surface area contributed by atoms with Crippen molar-refractivity contribution in [3.8, 4) is 0 Å². The van der Waals surface area contributed by atoms with E-state index in [1.807, 2.05) is 54.3 Å². The normalized spacial score (nSPS) is 17.2. The minimum absolute atomic E-state index is 0.0355. The molecule has 1 aromatic heterocycles. The lowest BCUT2D eigenvalue weighted by Crippen LogP contribution is -2.58. The highest BCUT2D eigenvalue weighted by Crippen LogP contribution is 2.18. The number of rotatable bonds is 7. The van der Waals surface area contributed by atoms with E-state index in [9.17, 15) is 9.59 Å². The average molecular weight is 395 g/mol. The number of pyridine rings is 1. The molecule has 2 amide bonds. The van der Waals surface area contributed by atoms with E-state index in [-0.39, 0.29) is 24.3 Å². The Bertz CT molecular complexity index is 838. The number of hydrogen-bond donors (Lipinski definition) is 1. The third kappa shape index (κ3) is 5.41. The number of carbonyl (C=O) groups excluding carboxylic acids is 2. The third-order valence-electron chi connectivity index (χ3n) is 5.43. The molecule has 2 heterocycles. The second kappa shape index (κ2) is 9.65. The molecule has 1 atom stereocenters. The van der Waals surface area contributed by atoms with Crippen molar-refractivity contribution >= 4 is 11.8 Å². The maximum absolute atomic E-state index is 13.3. The minimum Gasteiger partial charge on any atom is -0.353 e. The third-order valence-corrected chi connectivity index (χ3v) is 5.43. The molecule has 0 aliphatic carbocycles. The van der Waals surface area contributed by atoms with Crippen LogP contribution in [0, 0.1) is 6.92 Å². The van der Waals surface area contributed by atoms with Gasteiger partial charge in [0.05, 0.1) is 24.7 Å². The van der Waals surface area contributed by atoms with Crippen LogP contribution >= 0.6 is 0 Å². The Morgan fingerprint density at radius 2 is 1.97 bits per heavy atom. The van der Waals surface area contributed by atoms with E-state index in [1.165, 1.54) is 0 Å². The van der Waals surface area contributed by atoms with Gasteiger partial charge in [-0.25, -0.2) is 0 Å². The van der Waals surface area contributed by atoms with E-state index in [0.717, 1.165) is 23.4 Å². The average Bonchev–Trinajstić information content (AvgIpc) is 2.71. The zero-order chi connectivity index (χ0) is 20.8. The van der Waals surface area contributed by atoms with Gasteiger partial charge in [0, 0.05) is 31.9 Å². The fourth-order valence-electron chi connectivity index (χ4n) is 3.76. The molecule has 0 bridgehead atoms. The minimum atomic E-state index is -0.431. The van der Waals surface area contributed by atoms with Gasteiger partial charge in [-0.2, -0.15) is 0 Å². The Hall–Kier alpha value is -2.73. The van der Waals surface area contributed by atoms with E-state index in [1.54, 1.807) is 6.20 Å². The Balaban J connectivity index is 1.81. The highest BCUT2D eigenvalue weighted by molar-refractivity contribution is 5.88. The Morgan fingerprint density at radius 3 is 2.66 bits per heavy atom. The Labute approximate surface area is 172 Å². The molecule has 6 heteroatoms. The summed E-state index contributed by atoms with van der Waals surface area (Å²) in [4.78, 5) is 34.2. The highest BCUT2D eigenvalue weighted by atomic mass is 16.2. The monoisotopic (exact) mass is 394 g/mol. The van der Waals surface area contributed by atoms with Crippen molar-refractivity contribution in [3.63, 3.8) is 0 Å². The van der Waals surface area contributed by atoms with Crippen molar-refractivity contribution in [2.45, 2.75) is 52.4 Å². The van der Waals surface area contributed by atoms with Crippen LogP contribution in [0.5, 0.6) is 0 Å². The molecule has 0 unspecified atom stereocenters. The van der Waals surface area contributed by atoms with Crippen molar-refractivity contribution in [2.24, 2.45) is 0 Å². The van der Waals surface area contributed by atoms with Crippen molar-refractivity contribution in [2.75, 3.05) is 13.1 Å². The quantitative estimate of drug-likeness (QED) is 0.784. The van der Waals surface area contributed by atoms with Crippen LogP contribution < -0.4 is 5.32 Å². The number of piperazine rings is 1. The molecule has 1 fully saturated rings. The van der Waals surface area contributed by atoms with Crippen LogP contribution in [-0.4, -0.2) is 51.8 Å². The van der Waals surface area contributed by atoms with Gasteiger partial charge in [0.25, 0.3) is 0 Å². The highest BCUT2D eigenvalue weighted by Gasteiger charge is 2.34. The fourth-order valence-corrected chi connectivity index (χ4v) is 3.76. The van der Waals surface area contributed by atoms with E-state index < -0.39 is 6.04 Å². The molecule has 1 aliphatic rings. The van der Waals surface area contributed by atoms with Crippen LogP contribution in [0.15, 0.2) is 48.7 Å². The molecule has 6 nitrogen and oxygen atoms in total. The van der Waals surface area contributed by atoms with Gasteiger partial charge < -0.3 is 10.2 Å². The maximum Gasteiger partial charge on any atom is 0.237 e. The van der Waals surface area contributed by atoms with Crippen LogP contribution in [-0.2, 0) is 22.7 Å². The zero-order valence-electron chi connectivity index (χ0n) is 17.5. The molecular weight excluding hydrogens is 364 g/mol. The smallest absolute Gasteiger partial charge is 0.237 e. The number of aryl methyl sites for hydroxylation is 1. The number of nitrogens with zero attached hydrogens (tertiary/aromatic N) is 3. The first kappa shape index (κ1) is 21.0. The van der Waals surface area contributed by atoms with Crippen molar-refractivity contribution < 1.29 is 9.59 Å². The fraction of sp³-hybridized carbons (Fsp3) is 0.435. The molecule has 0 saturated carbocycles. The van der Waals surface area contributed by atoms with Crippen LogP contribution in [0.25, 0.3) is 0 Å². The molecular formula is C23H30N4O2. The van der Waals surface area contributed by atoms with Gasteiger partial charge in [0.15, 0.2) is 0 Å². The lowest BCUT2D eigenvalue weighted by atomic mass is 10.0. The maximum atomic E-state index is 13.3. The number of hydrogen-bond acceptors (Lipinski definition) is 4. The summed E-state index contributed by atoms with van der Waals surface area (Å²) in [6.45, 7) is 8.44. The predicted octanol–water partition coefficient (Wildman–Crippen LogP) is 2.52. The van der Waals surface area contributed by atoms with Crippen LogP contribution in [0.2, 0.25) is 0 Å². The summed E-state index contributed by atoms with van der Waals surface area (Å²) >= 11 is 0. The van der Waals surface area contributed by atoms with Crippen molar-refractivity contribution in [1.29, 1.82) is 0 Å². The predicted molar refractivity (Wildman–Crippen MR) is 113 cm³/mol. The molecule has 1 N–H and O–H groups in total. The molecule has 1 saturated heterocycles. The van der Waals surface area contributed by atoms with E-state index >= 15 is 0 Å². The zero-order valence-corrected chi connectivity index (χ0v) is 17.5. The summed E-state index contributed by atoms with van der Waals surface area (Å²) in [7, 11) is 0. The summed E-state index contributed by atoms with van der Waals surface area (Å²) < 4.78 is 0. The summed E-state index contributed by atoms with van der Waals surface area (Å²) in [5.41, 5.74) is 2.99. The number of benzene rings is 1. The number of amides is 2. The van der Waals surface area contributed by atoms with E-state index in [4.69, 9.17) is 0 Å². The summed E-state index contributed by atoms with van der Waals surface area (Å²) in [5.74, 6) is -0.0985. The van der Waals surface area contributed by atoms with Crippen molar-refractivity contribution in [1.82, 2.24) is 20.1 Å². The SMILES string of the molecule is Cc1cccnc1CN(Cc1ccccc1)C(=O)C[C@@H]1C(=O)NCCN1C(C)C. The van der Waals surface area contributed by atoms with Crippen LogP contribution in [0.3, 0.4) is 0 Å². The largest absolute Gasteiger partial charge is 0.353 e. The molecule has 0 radical (unpaired) electrons. The number of nitrogens with one attached hydrogen (secondary N) is 1. The lowest BCUT2D eigenvalue weighted by Gasteiger charge is -2.38. The van der Waals surface area contributed by atoms with Gasteiger partial charge >= 0.3 is 0 Å². The lowest BCUT2D eigenvalue weighted by molar-refractivity contribution is -0.140. The van der Waals surface area contributed by atoms with Gasteiger partial charge in [-0.3, -0.25) is 19.5 Å². The van der Waals surface area contributed by atoms with E-state index in [0.29, 0.717) is 19.6 Å². The first-order chi connectivity index (χ1) is 14.0. The second-order valence-electron chi connectivity index (χ2n) is 7.84. The van der Waals surface area contributed by atoms with Gasteiger partial charge in [0.1, 0.15) is 0 Å². The first-order valence-corrected chi connectivity index (χ1v) is 10.2. The van der Waals surface area contributed by atoms with E-state index in [2.05, 4.69) is 29.0 Å². The molecule has 0 spiro atoms. The second-order valence-corrected chi connectivity index (χ2v) is 7.84. The molecule has 1 aromatic carbocycles. The van der Waals surface area contributed by atoms with Gasteiger partial charge in [0.2, 0.25) is 11.8 Å². The standard InChI is InChI=1S/C23H30N4O2/c1-17(2)27-13-12-25-23(29)21(27)14-22(28)26(15-19-9-5-4-6-10-19)16-20-18(3)8-7-11-24-20/h4-11,17,21H,12-16H2,1-3H3,(H,25,29)/t21-/m1/s1. The van der Waals surface area contributed by atoms with Gasteiger partial charge in [-0.15, -0.1) is 0 Å². The van der Waals surface area contributed by atoms with Crippen LogP contribution in [0.4, 0.5) is 0 Å². The Kier molecular flexibility index (Phi) is 6.99. The van der Waals surface area contributed by atoms with Crippen molar-refractivity contribution in [3.05, 3.63) is 65.5 Å². The number of aromatic nitrogens is 1. The summed E-state index contributed by atoms with van der Waals surface area (Å²) in [6, 6.07) is 13.6. The Morgan fingerprint density at radius 1 is 1.21 bits per heavy atom. The summed E-state index contributed by atoms with van der Waals surface area (Å²) in [6.07, 6.45) is 1.92. The van der Waals surface area contributed by atoms with Gasteiger partial charge in [-0.1, -0.05) is 36.4 Å². The van der Waals surface area contributed by atoms with Gasteiger partial charge in [-0.05, 0) is 38.0 Å². The molecule has 2 aromatic rings. The molecule has 29 heavy (non-hydrogen) atoms. The first-order valence-electron chi connectivity index (χ1n) is 10.2. The number of carbonyl (C=O) groups is 2. The summed E-state index contributed by atoms with van der Waals surface area (Å²) in [5, 5.41) is 2.91. The van der Waals surface area contributed by atoms with Crippen LogP contribution in [0.1, 0.15) is 37.1 Å². The molecule has 1 aliphatic heterocycles. The molecule has 3 rings (SSSR count).